The summed E-state index contributed by atoms with van der Waals surface area (Å²) >= 11 is 0. The van der Waals surface area contributed by atoms with Gasteiger partial charge in [-0.15, -0.1) is 0 Å². The summed E-state index contributed by atoms with van der Waals surface area (Å²) in [7, 11) is -3.43. The molecule has 0 saturated carbocycles. The Morgan fingerprint density at radius 2 is 1.81 bits per heavy atom. The minimum absolute atomic E-state index is 0.128. The van der Waals surface area contributed by atoms with Crippen LogP contribution in [0.15, 0.2) is 59.5 Å². The van der Waals surface area contributed by atoms with E-state index in [0.29, 0.717) is 22.4 Å². The third-order valence-corrected chi connectivity index (χ3v) is 5.49. The predicted octanol–water partition coefficient (Wildman–Crippen LogP) is 4.75. The molecule has 0 bridgehead atoms. The number of rotatable bonds is 5. The SMILES string of the molecule is CC(C)(C)c1cc(C=Cc2ccc(NS(C)(=O)=O)cc2C#N)cc(-c2ccc[nH]c2=O)c1. The highest BCUT2D eigenvalue weighted by atomic mass is 32.2. The lowest BCUT2D eigenvalue weighted by Crippen LogP contribution is -2.13. The van der Waals surface area contributed by atoms with E-state index < -0.39 is 10.0 Å². The molecule has 164 valence electrons. The summed E-state index contributed by atoms with van der Waals surface area (Å²) in [5.74, 6) is 0. The molecule has 0 unspecified atom stereocenters. The Balaban J connectivity index is 2.05. The summed E-state index contributed by atoms with van der Waals surface area (Å²) in [5, 5.41) is 9.51. The van der Waals surface area contributed by atoms with Gasteiger partial charge in [0, 0.05) is 17.4 Å². The number of pyridine rings is 1. The number of hydrogen-bond donors (Lipinski definition) is 2. The first-order valence-corrected chi connectivity index (χ1v) is 11.9. The average molecular weight is 448 g/mol. The molecular weight excluding hydrogens is 422 g/mol. The van der Waals surface area contributed by atoms with Gasteiger partial charge in [-0.25, -0.2) is 8.42 Å². The van der Waals surface area contributed by atoms with E-state index in [1.54, 1.807) is 30.5 Å². The van der Waals surface area contributed by atoms with Crippen LogP contribution in [0.4, 0.5) is 5.69 Å². The van der Waals surface area contributed by atoms with Gasteiger partial charge in [-0.1, -0.05) is 51.1 Å². The molecule has 0 aliphatic rings. The molecule has 0 aliphatic carbocycles. The Morgan fingerprint density at radius 3 is 2.44 bits per heavy atom. The molecule has 2 aromatic carbocycles. The van der Waals surface area contributed by atoms with Crippen LogP contribution in [-0.4, -0.2) is 19.7 Å². The molecule has 0 saturated heterocycles. The van der Waals surface area contributed by atoms with Crippen LogP contribution < -0.4 is 10.3 Å². The highest BCUT2D eigenvalue weighted by molar-refractivity contribution is 7.92. The van der Waals surface area contributed by atoms with Gasteiger partial charge >= 0.3 is 0 Å². The van der Waals surface area contributed by atoms with E-state index in [0.717, 1.165) is 22.9 Å². The molecule has 0 spiro atoms. The Bertz CT molecular complexity index is 1390. The van der Waals surface area contributed by atoms with Gasteiger partial charge in [0.05, 0.1) is 17.9 Å². The third kappa shape index (κ3) is 5.74. The number of benzene rings is 2. The lowest BCUT2D eigenvalue weighted by Gasteiger charge is -2.21. The van der Waals surface area contributed by atoms with Crippen LogP contribution in [0, 0.1) is 11.3 Å². The van der Waals surface area contributed by atoms with Crippen molar-refractivity contribution in [3.8, 4) is 17.2 Å². The quantitative estimate of drug-likeness (QED) is 0.551. The van der Waals surface area contributed by atoms with Crippen LogP contribution in [0.2, 0.25) is 0 Å². The standard InChI is InChI=1S/C25H25N3O3S/c1-25(2,3)21-13-17(12-19(14-21)23-6-5-11-27-24(23)29)7-8-18-9-10-22(15-20(18)16-26)28-32(4,30)31/h5-15,28H,1-4H3,(H,27,29). The van der Waals surface area contributed by atoms with E-state index in [1.165, 1.54) is 6.07 Å². The monoisotopic (exact) mass is 447 g/mol. The molecule has 6 nitrogen and oxygen atoms in total. The van der Waals surface area contributed by atoms with Crippen molar-refractivity contribution in [2.24, 2.45) is 0 Å². The van der Waals surface area contributed by atoms with Crippen molar-refractivity contribution in [2.75, 3.05) is 11.0 Å². The lowest BCUT2D eigenvalue weighted by molar-refractivity contribution is 0.590. The van der Waals surface area contributed by atoms with Crippen LogP contribution in [0.25, 0.3) is 23.3 Å². The first-order valence-electron chi connectivity index (χ1n) is 10.00. The van der Waals surface area contributed by atoms with Crippen molar-refractivity contribution in [3.05, 3.63) is 87.3 Å². The normalized spacial score (nSPS) is 12.0. The molecule has 3 rings (SSSR count). The van der Waals surface area contributed by atoms with Crippen molar-refractivity contribution >= 4 is 27.9 Å². The maximum absolute atomic E-state index is 12.3. The molecule has 2 N–H and O–H groups in total. The van der Waals surface area contributed by atoms with E-state index in [1.807, 2.05) is 24.3 Å². The molecule has 3 aromatic rings. The zero-order valence-corrected chi connectivity index (χ0v) is 19.2. The Hall–Kier alpha value is -3.63. The summed E-state index contributed by atoms with van der Waals surface area (Å²) in [4.78, 5) is 15.0. The second kappa shape index (κ2) is 8.85. The smallest absolute Gasteiger partial charge is 0.255 e. The number of nitriles is 1. The van der Waals surface area contributed by atoms with Gasteiger partial charge in [-0.05, 0) is 58.0 Å². The minimum atomic E-state index is -3.43. The maximum Gasteiger partial charge on any atom is 0.255 e. The second-order valence-corrected chi connectivity index (χ2v) is 10.4. The topological polar surface area (TPSA) is 103 Å². The van der Waals surface area contributed by atoms with E-state index in [4.69, 9.17) is 0 Å². The highest BCUT2D eigenvalue weighted by Crippen LogP contribution is 2.29. The van der Waals surface area contributed by atoms with Gasteiger partial charge in [-0.3, -0.25) is 9.52 Å². The first-order chi connectivity index (χ1) is 15.0. The average Bonchev–Trinajstić information content (AvgIpc) is 2.71. The number of nitrogens with zero attached hydrogens (tertiary/aromatic N) is 1. The molecule has 0 radical (unpaired) electrons. The Labute approximate surface area is 188 Å². The Kier molecular flexibility index (Phi) is 6.37. The molecule has 0 fully saturated rings. The highest BCUT2D eigenvalue weighted by Gasteiger charge is 2.16. The van der Waals surface area contributed by atoms with Crippen LogP contribution in [-0.2, 0) is 15.4 Å². The van der Waals surface area contributed by atoms with Gasteiger partial charge in [0.25, 0.3) is 5.56 Å². The van der Waals surface area contributed by atoms with Gasteiger partial charge in [0.15, 0.2) is 0 Å². The first kappa shape index (κ1) is 23.0. The summed E-state index contributed by atoms with van der Waals surface area (Å²) in [6.07, 6.45) is 6.36. The van der Waals surface area contributed by atoms with Crippen LogP contribution in [0.1, 0.15) is 43.0 Å². The van der Waals surface area contributed by atoms with Crippen molar-refractivity contribution in [1.82, 2.24) is 4.98 Å². The second-order valence-electron chi connectivity index (χ2n) is 8.63. The fourth-order valence-electron chi connectivity index (χ4n) is 3.25. The summed E-state index contributed by atoms with van der Waals surface area (Å²) in [5.41, 5.74) is 4.42. The number of hydrogen-bond acceptors (Lipinski definition) is 4. The number of sulfonamides is 1. The van der Waals surface area contributed by atoms with E-state index in [-0.39, 0.29) is 11.0 Å². The van der Waals surface area contributed by atoms with Crippen molar-refractivity contribution in [2.45, 2.75) is 26.2 Å². The number of anilines is 1. The van der Waals surface area contributed by atoms with Gasteiger partial charge in [-0.2, -0.15) is 5.26 Å². The molecule has 0 aliphatic heterocycles. The molecule has 1 heterocycles. The minimum Gasteiger partial charge on any atom is -0.329 e. The number of H-pyrrole nitrogens is 1. The lowest BCUT2D eigenvalue weighted by atomic mass is 9.84. The zero-order valence-electron chi connectivity index (χ0n) is 18.4. The fraction of sp³-hybridized carbons (Fsp3) is 0.200. The van der Waals surface area contributed by atoms with Crippen LogP contribution in [0.5, 0.6) is 0 Å². The summed E-state index contributed by atoms with van der Waals surface area (Å²) in [6, 6.07) is 16.5. The van der Waals surface area contributed by atoms with Gasteiger partial charge in [0.2, 0.25) is 10.0 Å². The van der Waals surface area contributed by atoms with E-state index >= 15 is 0 Å². The third-order valence-electron chi connectivity index (χ3n) is 4.88. The molecule has 0 amide bonds. The maximum atomic E-state index is 12.3. The number of aromatic amines is 1. The van der Waals surface area contributed by atoms with Gasteiger partial charge in [0.1, 0.15) is 0 Å². The van der Waals surface area contributed by atoms with Crippen molar-refractivity contribution < 1.29 is 8.42 Å². The number of nitrogens with one attached hydrogen (secondary N) is 2. The molecule has 7 heteroatoms. The number of aromatic nitrogens is 1. The molecular formula is C25H25N3O3S. The van der Waals surface area contributed by atoms with Crippen LogP contribution >= 0.6 is 0 Å². The Morgan fingerprint density at radius 1 is 1.06 bits per heavy atom. The molecule has 32 heavy (non-hydrogen) atoms. The predicted molar refractivity (Wildman–Crippen MR) is 130 cm³/mol. The largest absolute Gasteiger partial charge is 0.329 e. The fourth-order valence-corrected chi connectivity index (χ4v) is 3.80. The van der Waals surface area contributed by atoms with Crippen LogP contribution in [0.3, 0.4) is 0 Å². The molecule has 0 atom stereocenters. The van der Waals surface area contributed by atoms with Crippen molar-refractivity contribution in [1.29, 1.82) is 5.26 Å². The summed E-state index contributed by atoms with van der Waals surface area (Å²) in [6.45, 7) is 6.32. The molecule has 1 aromatic heterocycles. The summed E-state index contributed by atoms with van der Waals surface area (Å²) < 4.78 is 25.3. The van der Waals surface area contributed by atoms with E-state index in [2.05, 4.69) is 42.6 Å². The van der Waals surface area contributed by atoms with Crippen molar-refractivity contribution in [3.63, 3.8) is 0 Å². The zero-order chi connectivity index (χ0) is 23.5. The van der Waals surface area contributed by atoms with E-state index in [9.17, 15) is 18.5 Å². The van der Waals surface area contributed by atoms with Gasteiger partial charge < -0.3 is 4.98 Å².